The highest BCUT2D eigenvalue weighted by atomic mass is 32.1. The number of nitroso groups, excluding NO2 is 1. The fourth-order valence-corrected chi connectivity index (χ4v) is 3.38. The maximum atomic E-state index is 12.8. The van der Waals surface area contributed by atoms with Crippen LogP contribution in [0.4, 0.5) is 27.1 Å². The molecule has 144 valence electrons. The lowest BCUT2D eigenvalue weighted by Gasteiger charge is -2.14. The molecular weight excluding hydrogens is 372 g/mol. The van der Waals surface area contributed by atoms with Crippen molar-refractivity contribution < 1.29 is 9.97 Å². The second-order valence-corrected chi connectivity index (χ2v) is 7.34. The van der Waals surface area contributed by atoms with Crippen LogP contribution >= 0.6 is 11.3 Å². The molecule has 3 aromatic rings. The van der Waals surface area contributed by atoms with Gasteiger partial charge in [-0.05, 0) is 54.2 Å². The Morgan fingerprint density at radius 3 is 2.57 bits per heavy atom. The predicted molar refractivity (Wildman–Crippen MR) is 116 cm³/mol. The zero-order chi connectivity index (χ0) is 19.8. The lowest BCUT2D eigenvalue weighted by molar-refractivity contribution is -0.374. The molecule has 0 saturated carbocycles. The Morgan fingerprint density at radius 2 is 1.86 bits per heavy atom. The summed E-state index contributed by atoms with van der Waals surface area (Å²) in [5.41, 5.74) is 3.09. The van der Waals surface area contributed by atoms with E-state index in [1.165, 1.54) is 11.3 Å². The molecule has 1 aromatic heterocycles. The topological polar surface area (TPSA) is 84.2 Å². The minimum absolute atomic E-state index is 0.238. The standard InChI is InChI=1S/C21H22N4O2S/c1-2-3-13-22-16-9-10-17(18(14-16)23-15-7-5-4-6-8-15)21(26)24-19-11-12-20(25-27)28-19/h4-12,14,22-23H,2-3,13H2,1H3,(H,24,26)/p+1. The van der Waals surface area contributed by atoms with Crippen molar-refractivity contribution in [3.63, 3.8) is 0 Å². The number of hydrogen-bond acceptors (Lipinski definition) is 5. The normalized spacial score (nSPS) is 10.3. The molecule has 0 saturated heterocycles. The number of anilines is 4. The SMILES string of the molecule is CCCCNc1ccc(C(=O)Nc2ccc([NH+]=O)s2)c(Nc2ccccc2)c1. The first-order chi connectivity index (χ1) is 13.7. The minimum Gasteiger partial charge on any atom is -0.385 e. The van der Waals surface area contributed by atoms with Gasteiger partial charge in [0.15, 0.2) is 0 Å². The summed E-state index contributed by atoms with van der Waals surface area (Å²) in [6.07, 6.45) is 2.20. The Bertz CT molecular complexity index is 941. The van der Waals surface area contributed by atoms with Gasteiger partial charge in [0.05, 0.1) is 11.3 Å². The van der Waals surface area contributed by atoms with E-state index in [1.54, 1.807) is 18.2 Å². The van der Waals surface area contributed by atoms with Crippen LogP contribution in [0.2, 0.25) is 0 Å². The molecule has 1 heterocycles. The summed E-state index contributed by atoms with van der Waals surface area (Å²) in [4.78, 5) is 23.6. The summed E-state index contributed by atoms with van der Waals surface area (Å²) >= 11 is 1.19. The van der Waals surface area contributed by atoms with Crippen LogP contribution in [0.15, 0.2) is 60.7 Å². The van der Waals surface area contributed by atoms with E-state index < -0.39 is 0 Å². The quantitative estimate of drug-likeness (QED) is 0.404. The summed E-state index contributed by atoms with van der Waals surface area (Å²) in [5, 5.41) is 12.5. The van der Waals surface area contributed by atoms with Crippen molar-refractivity contribution in [1.29, 1.82) is 0 Å². The lowest BCUT2D eigenvalue weighted by atomic mass is 10.1. The van der Waals surface area contributed by atoms with E-state index in [0.717, 1.165) is 30.8 Å². The molecule has 0 radical (unpaired) electrons. The third-order valence-electron chi connectivity index (χ3n) is 4.12. The van der Waals surface area contributed by atoms with Crippen molar-refractivity contribution in [1.82, 2.24) is 0 Å². The Balaban J connectivity index is 1.84. The van der Waals surface area contributed by atoms with Gasteiger partial charge in [-0.2, -0.15) is 0 Å². The molecule has 0 aliphatic heterocycles. The van der Waals surface area contributed by atoms with Crippen LogP contribution in [0.25, 0.3) is 0 Å². The van der Waals surface area contributed by atoms with E-state index in [1.807, 2.05) is 47.6 Å². The molecule has 0 spiro atoms. The number of hydrogen-bond donors (Lipinski definition) is 4. The zero-order valence-corrected chi connectivity index (χ0v) is 16.4. The second-order valence-electron chi connectivity index (χ2n) is 6.25. The Labute approximate surface area is 168 Å². The zero-order valence-electron chi connectivity index (χ0n) is 15.6. The molecule has 6 nitrogen and oxygen atoms in total. The maximum absolute atomic E-state index is 12.8. The number of thiophene rings is 1. The monoisotopic (exact) mass is 395 g/mol. The van der Waals surface area contributed by atoms with Gasteiger partial charge in [0, 0.05) is 34.1 Å². The first-order valence-corrected chi connectivity index (χ1v) is 10.0. The van der Waals surface area contributed by atoms with Gasteiger partial charge in [-0.3, -0.25) is 4.79 Å². The first kappa shape index (κ1) is 19.6. The molecule has 28 heavy (non-hydrogen) atoms. The molecule has 0 fully saturated rings. The summed E-state index contributed by atoms with van der Waals surface area (Å²) in [6.45, 7) is 3.03. The van der Waals surface area contributed by atoms with Crippen LogP contribution < -0.4 is 21.1 Å². The molecular formula is C21H23N4O2S+. The largest absolute Gasteiger partial charge is 0.385 e. The summed E-state index contributed by atoms with van der Waals surface area (Å²) in [5.74, 6) is -0.238. The lowest BCUT2D eigenvalue weighted by Crippen LogP contribution is -2.54. The molecule has 3 rings (SSSR count). The van der Waals surface area contributed by atoms with Crippen LogP contribution in [0.5, 0.6) is 0 Å². The Morgan fingerprint density at radius 1 is 1.04 bits per heavy atom. The van der Waals surface area contributed by atoms with Crippen LogP contribution in [0.3, 0.4) is 0 Å². The molecule has 7 heteroatoms. The number of carbonyl (C=O) groups is 1. The number of unbranched alkanes of at least 4 members (excludes halogenated alkanes) is 1. The van der Waals surface area contributed by atoms with Crippen LogP contribution in [0, 0.1) is 4.91 Å². The van der Waals surface area contributed by atoms with E-state index in [9.17, 15) is 9.70 Å². The van der Waals surface area contributed by atoms with Crippen LogP contribution in [-0.4, -0.2) is 12.5 Å². The van der Waals surface area contributed by atoms with E-state index in [0.29, 0.717) is 21.3 Å². The molecule has 0 atom stereocenters. The van der Waals surface area contributed by atoms with Crippen LogP contribution in [-0.2, 0) is 0 Å². The number of para-hydroxylation sites is 1. The van der Waals surface area contributed by atoms with E-state index >= 15 is 0 Å². The van der Waals surface area contributed by atoms with Gasteiger partial charge in [-0.1, -0.05) is 31.5 Å². The Hall–Kier alpha value is -3.19. The van der Waals surface area contributed by atoms with Crippen molar-refractivity contribution in [3.05, 3.63) is 71.1 Å². The second kappa shape index (κ2) is 9.66. The van der Waals surface area contributed by atoms with Crippen molar-refractivity contribution in [2.75, 3.05) is 22.5 Å². The molecule has 1 amide bonds. The van der Waals surface area contributed by atoms with E-state index in [4.69, 9.17) is 0 Å². The third-order valence-corrected chi connectivity index (χ3v) is 5.02. The average Bonchev–Trinajstić information content (AvgIpc) is 3.16. The van der Waals surface area contributed by atoms with Crippen molar-refractivity contribution in [2.24, 2.45) is 0 Å². The fraction of sp³-hybridized carbons (Fsp3) is 0.190. The summed E-state index contributed by atoms with van der Waals surface area (Å²) in [7, 11) is 0. The highest BCUT2D eigenvalue weighted by Gasteiger charge is 2.15. The molecule has 0 bridgehead atoms. The number of nitrogens with one attached hydrogen (secondary N) is 4. The van der Waals surface area contributed by atoms with E-state index in [2.05, 4.69) is 22.9 Å². The number of carbonyl (C=O) groups excluding carboxylic acids is 1. The molecule has 0 unspecified atom stereocenters. The highest BCUT2D eigenvalue weighted by molar-refractivity contribution is 7.19. The first-order valence-electron chi connectivity index (χ1n) is 9.19. The number of amides is 1. The number of benzene rings is 2. The molecule has 2 aromatic carbocycles. The smallest absolute Gasteiger partial charge is 0.310 e. The van der Waals surface area contributed by atoms with Gasteiger partial charge in [0.2, 0.25) is 0 Å². The van der Waals surface area contributed by atoms with Gasteiger partial charge >= 0.3 is 5.00 Å². The molecule has 0 aliphatic carbocycles. The van der Waals surface area contributed by atoms with Crippen molar-refractivity contribution in [3.8, 4) is 0 Å². The van der Waals surface area contributed by atoms with Crippen LogP contribution in [0.1, 0.15) is 30.1 Å². The molecule has 0 aliphatic rings. The highest BCUT2D eigenvalue weighted by Crippen LogP contribution is 2.28. The number of rotatable bonds is 9. The van der Waals surface area contributed by atoms with E-state index in [-0.39, 0.29) is 5.91 Å². The van der Waals surface area contributed by atoms with Gasteiger partial charge in [-0.25, -0.2) is 0 Å². The van der Waals surface area contributed by atoms with Crippen molar-refractivity contribution >= 4 is 44.3 Å². The fourth-order valence-electron chi connectivity index (χ4n) is 2.68. The minimum atomic E-state index is -0.238. The van der Waals surface area contributed by atoms with Gasteiger partial charge in [-0.15, -0.1) is 0 Å². The summed E-state index contributed by atoms with van der Waals surface area (Å²) in [6, 6.07) is 18.7. The summed E-state index contributed by atoms with van der Waals surface area (Å²) < 4.78 is 0. The maximum Gasteiger partial charge on any atom is 0.310 e. The van der Waals surface area contributed by atoms with Gasteiger partial charge in [0.25, 0.3) is 5.91 Å². The Kier molecular flexibility index (Phi) is 6.75. The predicted octanol–water partition coefficient (Wildman–Crippen LogP) is 4.43. The van der Waals surface area contributed by atoms with Gasteiger partial charge < -0.3 is 16.0 Å². The third kappa shape index (κ3) is 5.17. The van der Waals surface area contributed by atoms with Gasteiger partial charge in [0.1, 0.15) is 5.00 Å². The van der Waals surface area contributed by atoms with Crippen molar-refractivity contribution in [2.45, 2.75) is 19.8 Å². The average molecular weight is 396 g/mol. The molecule has 4 N–H and O–H groups in total.